The predicted octanol–water partition coefficient (Wildman–Crippen LogP) is 4.67. The minimum Gasteiger partial charge on any atom is -0.341 e. The van der Waals surface area contributed by atoms with E-state index in [0.29, 0.717) is 11.0 Å². The van der Waals surface area contributed by atoms with Gasteiger partial charge in [0.1, 0.15) is 0 Å². The summed E-state index contributed by atoms with van der Waals surface area (Å²) in [4.78, 5) is 18.8. The lowest BCUT2D eigenvalue weighted by atomic mass is 10.1. The topological polar surface area (TPSA) is 57.2 Å². The second-order valence-electron chi connectivity index (χ2n) is 6.99. The lowest BCUT2D eigenvalue weighted by Crippen LogP contribution is -2.34. The van der Waals surface area contributed by atoms with Crippen molar-refractivity contribution in [2.75, 3.05) is 41.3 Å². The van der Waals surface area contributed by atoms with Gasteiger partial charge in [0.2, 0.25) is 17.8 Å². The van der Waals surface area contributed by atoms with Gasteiger partial charge in [-0.3, -0.25) is 0 Å². The molecule has 0 amide bonds. The number of halogens is 2. The van der Waals surface area contributed by atoms with Gasteiger partial charge in [-0.25, -0.2) is 0 Å². The highest BCUT2D eigenvalue weighted by atomic mass is 35.5. The Hall–Kier alpha value is -1.79. The van der Waals surface area contributed by atoms with Crippen molar-refractivity contribution in [3.8, 4) is 0 Å². The minimum atomic E-state index is 0. The highest BCUT2D eigenvalue weighted by Gasteiger charge is 2.20. The SMILES string of the molecule is Cl.Clc1cccc(Nc2nc(N3CCCCC3)nc(N3CCCCC3)n2)c1. The van der Waals surface area contributed by atoms with Gasteiger partial charge in [-0.1, -0.05) is 17.7 Å². The average Bonchev–Trinajstić information content (AvgIpc) is 2.69. The van der Waals surface area contributed by atoms with E-state index in [1.807, 2.05) is 24.3 Å². The summed E-state index contributed by atoms with van der Waals surface area (Å²) in [7, 11) is 0. The fraction of sp³-hybridized carbons (Fsp3) is 0.526. The van der Waals surface area contributed by atoms with Gasteiger partial charge in [-0.05, 0) is 56.7 Å². The van der Waals surface area contributed by atoms with Crippen molar-refractivity contribution in [2.24, 2.45) is 0 Å². The van der Waals surface area contributed by atoms with Gasteiger partial charge >= 0.3 is 0 Å². The van der Waals surface area contributed by atoms with Crippen molar-refractivity contribution in [3.05, 3.63) is 29.3 Å². The van der Waals surface area contributed by atoms with E-state index >= 15 is 0 Å². The van der Waals surface area contributed by atoms with Crippen LogP contribution in [0.3, 0.4) is 0 Å². The van der Waals surface area contributed by atoms with Crippen molar-refractivity contribution in [3.63, 3.8) is 0 Å². The third-order valence-corrected chi connectivity index (χ3v) is 5.21. The van der Waals surface area contributed by atoms with Crippen molar-refractivity contribution in [1.29, 1.82) is 0 Å². The molecule has 1 aromatic heterocycles. The molecule has 2 aromatic rings. The summed E-state index contributed by atoms with van der Waals surface area (Å²) in [6, 6.07) is 7.63. The fourth-order valence-corrected chi connectivity index (χ4v) is 3.77. The molecule has 2 aliphatic rings. The Labute approximate surface area is 171 Å². The number of hydrogen-bond acceptors (Lipinski definition) is 6. The molecule has 0 aliphatic carbocycles. The van der Waals surface area contributed by atoms with Crippen molar-refractivity contribution >= 4 is 47.5 Å². The number of piperidine rings is 2. The van der Waals surface area contributed by atoms with E-state index in [0.717, 1.165) is 43.8 Å². The van der Waals surface area contributed by atoms with Crippen LogP contribution in [-0.4, -0.2) is 41.1 Å². The first-order valence-electron chi connectivity index (χ1n) is 9.56. The number of hydrogen-bond donors (Lipinski definition) is 1. The summed E-state index contributed by atoms with van der Waals surface area (Å²) in [6.07, 6.45) is 7.36. The van der Waals surface area contributed by atoms with E-state index in [1.165, 1.54) is 38.5 Å². The van der Waals surface area contributed by atoms with E-state index in [-0.39, 0.29) is 12.4 Å². The Balaban J connectivity index is 0.00000210. The molecule has 6 nitrogen and oxygen atoms in total. The van der Waals surface area contributed by atoms with Gasteiger partial charge < -0.3 is 15.1 Å². The zero-order valence-corrected chi connectivity index (χ0v) is 17.0. The molecule has 0 spiro atoms. The summed E-state index contributed by atoms with van der Waals surface area (Å²) in [5.41, 5.74) is 0.887. The summed E-state index contributed by atoms with van der Waals surface area (Å²) in [5.74, 6) is 2.15. The van der Waals surface area contributed by atoms with Crippen LogP contribution >= 0.6 is 24.0 Å². The molecule has 8 heteroatoms. The maximum Gasteiger partial charge on any atom is 0.233 e. The van der Waals surface area contributed by atoms with Crippen LogP contribution in [-0.2, 0) is 0 Å². The smallest absolute Gasteiger partial charge is 0.233 e. The molecule has 0 radical (unpaired) electrons. The molecule has 4 rings (SSSR count). The summed E-state index contributed by atoms with van der Waals surface area (Å²) in [6.45, 7) is 4.06. The Morgan fingerprint density at radius 3 is 1.85 bits per heavy atom. The number of nitrogens with one attached hydrogen (secondary N) is 1. The van der Waals surface area contributed by atoms with Crippen LogP contribution in [0, 0.1) is 0 Å². The molecule has 3 heterocycles. The van der Waals surface area contributed by atoms with Gasteiger partial charge in [0.25, 0.3) is 0 Å². The van der Waals surface area contributed by atoms with Crippen LogP contribution in [0.2, 0.25) is 5.02 Å². The number of anilines is 4. The Kier molecular flexibility index (Phi) is 6.96. The molecule has 146 valence electrons. The van der Waals surface area contributed by atoms with Gasteiger partial charge in [0, 0.05) is 36.9 Å². The number of aromatic nitrogens is 3. The quantitative estimate of drug-likeness (QED) is 0.792. The highest BCUT2D eigenvalue weighted by Crippen LogP contribution is 2.24. The first-order chi connectivity index (χ1) is 12.8. The molecule has 2 fully saturated rings. The van der Waals surface area contributed by atoms with Crippen molar-refractivity contribution < 1.29 is 0 Å². The monoisotopic (exact) mass is 408 g/mol. The van der Waals surface area contributed by atoms with Crippen LogP contribution in [0.4, 0.5) is 23.5 Å². The van der Waals surface area contributed by atoms with Crippen LogP contribution in [0.5, 0.6) is 0 Å². The molecule has 1 N–H and O–H groups in total. The normalized spacial score (nSPS) is 17.4. The molecule has 0 saturated carbocycles. The van der Waals surface area contributed by atoms with Gasteiger partial charge in [0.15, 0.2) is 0 Å². The molecule has 1 aromatic carbocycles. The maximum atomic E-state index is 6.11. The number of nitrogens with zero attached hydrogens (tertiary/aromatic N) is 5. The zero-order valence-electron chi connectivity index (χ0n) is 15.4. The molecule has 27 heavy (non-hydrogen) atoms. The molecule has 0 atom stereocenters. The number of benzene rings is 1. The third kappa shape index (κ3) is 5.14. The Bertz CT molecular complexity index is 708. The van der Waals surface area contributed by atoms with Crippen LogP contribution in [0.15, 0.2) is 24.3 Å². The summed E-state index contributed by atoms with van der Waals surface area (Å²) >= 11 is 6.11. The molecule has 2 saturated heterocycles. The standard InChI is InChI=1S/C19H25ClN6.ClH/c20-15-8-7-9-16(14-15)21-17-22-18(25-10-3-1-4-11-25)24-19(23-17)26-12-5-2-6-13-26;/h7-9,14H,1-6,10-13H2,(H,21,22,23,24);1H. The summed E-state index contributed by atoms with van der Waals surface area (Å²) in [5, 5.41) is 3.99. The van der Waals surface area contributed by atoms with E-state index < -0.39 is 0 Å². The fourth-order valence-electron chi connectivity index (χ4n) is 3.58. The molecular weight excluding hydrogens is 383 g/mol. The van der Waals surface area contributed by atoms with Crippen molar-refractivity contribution in [1.82, 2.24) is 15.0 Å². The van der Waals surface area contributed by atoms with E-state index in [9.17, 15) is 0 Å². The largest absolute Gasteiger partial charge is 0.341 e. The molecule has 0 bridgehead atoms. The zero-order chi connectivity index (χ0) is 17.8. The first kappa shape index (κ1) is 20.0. The maximum absolute atomic E-state index is 6.11. The molecule has 0 unspecified atom stereocenters. The van der Waals surface area contributed by atoms with E-state index in [1.54, 1.807) is 0 Å². The van der Waals surface area contributed by atoms with Gasteiger partial charge in [-0.2, -0.15) is 15.0 Å². The average molecular weight is 409 g/mol. The third-order valence-electron chi connectivity index (χ3n) is 4.97. The summed E-state index contributed by atoms with van der Waals surface area (Å²) < 4.78 is 0. The Morgan fingerprint density at radius 1 is 0.778 bits per heavy atom. The second kappa shape index (κ2) is 9.42. The molecule has 2 aliphatic heterocycles. The Morgan fingerprint density at radius 2 is 1.33 bits per heavy atom. The highest BCUT2D eigenvalue weighted by molar-refractivity contribution is 6.30. The lowest BCUT2D eigenvalue weighted by Gasteiger charge is -2.30. The van der Waals surface area contributed by atoms with Gasteiger partial charge in [0.05, 0.1) is 0 Å². The first-order valence-corrected chi connectivity index (χ1v) is 9.94. The van der Waals surface area contributed by atoms with Crippen LogP contribution in [0.1, 0.15) is 38.5 Å². The van der Waals surface area contributed by atoms with E-state index in [4.69, 9.17) is 26.6 Å². The van der Waals surface area contributed by atoms with Crippen LogP contribution < -0.4 is 15.1 Å². The van der Waals surface area contributed by atoms with Gasteiger partial charge in [-0.15, -0.1) is 12.4 Å². The minimum absolute atomic E-state index is 0. The predicted molar refractivity (Wildman–Crippen MR) is 114 cm³/mol. The van der Waals surface area contributed by atoms with E-state index in [2.05, 4.69) is 15.1 Å². The van der Waals surface area contributed by atoms with Crippen LogP contribution in [0.25, 0.3) is 0 Å². The number of rotatable bonds is 4. The lowest BCUT2D eigenvalue weighted by molar-refractivity contribution is 0.556. The second-order valence-corrected chi connectivity index (χ2v) is 7.43. The van der Waals surface area contributed by atoms with Crippen molar-refractivity contribution in [2.45, 2.75) is 38.5 Å². The molecular formula is C19H26Cl2N6.